The minimum absolute atomic E-state index is 0.265. The van der Waals surface area contributed by atoms with Gasteiger partial charge in [-0.15, -0.1) is 11.3 Å². The predicted molar refractivity (Wildman–Crippen MR) is 71.0 cm³/mol. The average Bonchev–Trinajstić information content (AvgIpc) is 2.78. The van der Waals surface area contributed by atoms with E-state index in [4.69, 9.17) is 10.2 Å². The molecule has 1 atom stereocenters. The van der Waals surface area contributed by atoms with Gasteiger partial charge >= 0.3 is 5.97 Å². The third-order valence-electron chi connectivity index (χ3n) is 3.39. The first kappa shape index (κ1) is 13.5. The van der Waals surface area contributed by atoms with Gasteiger partial charge in [0.25, 0.3) is 0 Å². The molecule has 0 spiro atoms. The molecular weight excluding hydrogens is 250 g/mol. The lowest BCUT2D eigenvalue weighted by Crippen LogP contribution is -2.35. The molecule has 100 valence electrons. The predicted octanol–water partition coefficient (Wildman–Crippen LogP) is 2.04. The molecule has 0 radical (unpaired) electrons. The first-order chi connectivity index (χ1) is 8.69. The van der Waals surface area contributed by atoms with Crippen molar-refractivity contribution >= 4 is 17.3 Å². The van der Waals surface area contributed by atoms with Gasteiger partial charge in [0, 0.05) is 24.6 Å². The molecule has 0 bridgehead atoms. The van der Waals surface area contributed by atoms with Crippen molar-refractivity contribution in [1.82, 2.24) is 4.90 Å². The number of carbonyl (C=O) groups is 1. The van der Waals surface area contributed by atoms with E-state index in [1.807, 2.05) is 6.07 Å². The number of aliphatic hydroxyl groups excluding tert-OH is 1. The second-order valence-electron chi connectivity index (χ2n) is 4.83. The Kier molecular flexibility index (Phi) is 4.74. The van der Waals surface area contributed by atoms with Crippen molar-refractivity contribution in [1.29, 1.82) is 0 Å². The maximum atomic E-state index is 10.8. The number of aromatic carboxylic acids is 1. The Morgan fingerprint density at radius 1 is 1.50 bits per heavy atom. The zero-order valence-corrected chi connectivity index (χ0v) is 11.2. The van der Waals surface area contributed by atoms with Crippen molar-refractivity contribution in [2.75, 3.05) is 19.7 Å². The first-order valence-corrected chi connectivity index (χ1v) is 7.16. The van der Waals surface area contributed by atoms with Crippen molar-refractivity contribution in [2.24, 2.45) is 5.92 Å². The van der Waals surface area contributed by atoms with Crippen LogP contribution in [0.15, 0.2) is 12.1 Å². The van der Waals surface area contributed by atoms with Crippen LogP contribution in [0.5, 0.6) is 0 Å². The van der Waals surface area contributed by atoms with Crippen molar-refractivity contribution in [2.45, 2.75) is 25.8 Å². The largest absolute Gasteiger partial charge is 0.477 e. The maximum Gasteiger partial charge on any atom is 0.345 e. The number of carboxylic acids is 1. The lowest BCUT2D eigenvalue weighted by atomic mass is 9.95. The van der Waals surface area contributed by atoms with E-state index in [9.17, 15) is 4.79 Å². The summed E-state index contributed by atoms with van der Waals surface area (Å²) < 4.78 is 0. The first-order valence-electron chi connectivity index (χ1n) is 6.34. The van der Waals surface area contributed by atoms with Gasteiger partial charge in [0.15, 0.2) is 0 Å². The van der Waals surface area contributed by atoms with Gasteiger partial charge in [-0.3, -0.25) is 4.90 Å². The monoisotopic (exact) mass is 269 g/mol. The highest BCUT2D eigenvalue weighted by Crippen LogP contribution is 2.23. The quantitative estimate of drug-likeness (QED) is 0.858. The molecule has 1 fully saturated rings. The molecule has 0 saturated carbocycles. The fourth-order valence-electron chi connectivity index (χ4n) is 2.51. The van der Waals surface area contributed by atoms with E-state index < -0.39 is 5.97 Å². The van der Waals surface area contributed by atoms with E-state index in [0.717, 1.165) is 30.9 Å². The van der Waals surface area contributed by atoms with Crippen LogP contribution in [0.3, 0.4) is 0 Å². The summed E-state index contributed by atoms with van der Waals surface area (Å²) in [5.41, 5.74) is 0. The van der Waals surface area contributed by atoms with E-state index in [2.05, 4.69) is 4.90 Å². The number of hydrogen-bond donors (Lipinski definition) is 2. The SMILES string of the molecule is O=C(O)c1ccc(CN2CCCC(CCO)C2)s1. The summed E-state index contributed by atoms with van der Waals surface area (Å²) in [6, 6.07) is 3.58. The molecule has 2 rings (SSSR count). The summed E-state index contributed by atoms with van der Waals surface area (Å²) in [4.78, 5) is 14.7. The van der Waals surface area contributed by atoms with Gasteiger partial charge in [-0.1, -0.05) is 0 Å². The van der Waals surface area contributed by atoms with Crippen LogP contribution in [-0.4, -0.2) is 40.8 Å². The summed E-state index contributed by atoms with van der Waals surface area (Å²) in [5.74, 6) is -0.259. The topological polar surface area (TPSA) is 60.8 Å². The standard InChI is InChI=1S/C13H19NO3S/c15-7-5-10-2-1-6-14(8-10)9-11-3-4-12(18-11)13(16)17/h3-4,10,15H,1-2,5-9H2,(H,16,17). The molecule has 1 saturated heterocycles. The second-order valence-corrected chi connectivity index (χ2v) is 6.00. The van der Waals surface area contributed by atoms with Crippen LogP contribution in [0.1, 0.15) is 33.8 Å². The van der Waals surface area contributed by atoms with Gasteiger partial charge in [-0.25, -0.2) is 4.79 Å². The molecular formula is C13H19NO3S. The number of likely N-dealkylation sites (tertiary alicyclic amines) is 1. The summed E-state index contributed by atoms with van der Waals surface area (Å²) in [6.07, 6.45) is 3.24. The Labute approximate surface area is 111 Å². The van der Waals surface area contributed by atoms with E-state index in [-0.39, 0.29) is 6.61 Å². The van der Waals surface area contributed by atoms with Gasteiger partial charge in [-0.2, -0.15) is 0 Å². The van der Waals surface area contributed by atoms with Crippen LogP contribution in [0.4, 0.5) is 0 Å². The van der Waals surface area contributed by atoms with Gasteiger partial charge < -0.3 is 10.2 Å². The van der Waals surface area contributed by atoms with E-state index in [1.165, 1.54) is 24.2 Å². The Hall–Kier alpha value is -0.910. The fraction of sp³-hybridized carbons (Fsp3) is 0.615. The van der Waals surface area contributed by atoms with Crippen LogP contribution in [0, 0.1) is 5.92 Å². The van der Waals surface area contributed by atoms with Crippen LogP contribution < -0.4 is 0 Å². The number of piperidine rings is 1. The summed E-state index contributed by atoms with van der Waals surface area (Å²) in [5, 5.41) is 17.9. The molecule has 0 aliphatic carbocycles. The average molecular weight is 269 g/mol. The second kappa shape index (κ2) is 6.31. The molecule has 4 nitrogen and oxygen atoms in total. The number of nitrogens with zero attached hydrogens (tertiary/aromatic N) is 1. The van der Waals surface area contributed by atoms with Crippen LogP contribution >= 0.6 is 11.3 Å². The van der Waals surface area contributed by atoms with E-state index in [0.29, 0.717) is 10.8 Å². The molecule has 1 aromatic heterocycles. The smallest absolute Gasteiger partial charge is 0.345 e. The molecule has 2 heterocycles. The Balaban J connectivity index is 1.89. The van der Waals surface area contributed by atoms with Crippen molar-refractivity contribution < 1.29 is 15.0 Å². The van der Waals surface area contributed by atoms with Gasteiger partial charge in [0.05, 0.1) is 0 Å². The lowest BCUT2D eigenvalue weighted by Gasteiger charge is -2.32. The highest BCUT2D eigenvalue weighted by molar-refractivity contribution is 7.13. The Morgan fingerprint density at radius 3 is 3.00 bits per heavy atom. The summed E-state index contributed by atoms with van der Waals surface area (Å²) in [6.45, 7) is 3.18. The molecule has 5 heteroatoms. The van der Waals surface area contributed by atoms with Gasteiger partial charge in [-0.05, 0) is 43.9 Å². The molecule has 0 aromatic carbocycles. The number of hydrogen-bond acceptors (Lipinski definition) is 4. The molecule has 1 aliphatic heterocycles. The van der Waals surface area contributed by atoms with Crippen molar-refractivity contribution in [3.63, 3.8) is 0 Å². The van der Waals surface area contributed by atoms with Crippen molar-refractivity contribution in [3.8, 4) is 0 Å². The summed E-state index contributed by atoms with van der Waals surface area (Å²) >= 11 is 1.36. The molecule has 1 unspecified atom stereocenters. The van der Waals surface area contributed by atoms with Crippen LogP contribution in [-0.2, 0) is 6.54 Å². The van der Waals surface area contributed by atoms with Crippen molar-refractivity contribution in [3.05, 3.63) is 21.9 Å². The third kappa shape index (κ3) is 3.54. The van der Waals surface area contributed by atoms with Crippen LogP contribution in [0.2, 0.25) is 0 Å². The molecule has 1 aliphatic rings. The third-order valence-corrected chi connectivity index (χ3v) is 4.45. The Morgan fingerprint density at radius 2 is 2.33 bits per heavy atom. The van der Waals surface area contributed by atoms with E-state index >= 15 is 0 Å². The molecule has 1 aromatic rings. The lowest BCUT2D eigenvalue weighted by molar-refractivity contribution is 0.0702. The van der Waals surface area contributed by atoms with Gasteiger partial charge in [0.2, 0.25) is 0 Å². The van der Waals surface area contributed by atoms with Gasteiger partial charge in [0.1, 0.15) is 4.88 Å². The highest BCUT2D eigenvalue weighted by atomic mass is 32.1. The minimum atomic E-state index is -0.844. The molecule has 18 heavy (non-hydrogen) atoms. The number of rotatable bonds is 5. The zero-order chi connectivity index (χ0) is 13.0. The number of carboxylic acid groups (broad SMARTS) is 1. The summed E-state index contributed by atoms with van der Waals surface area (Å²) in [7, 11) is 0. The normalized spacial score (nSPS) is 21.1. The van der Waals surface area contributed by atoms with Crippen LogP contribution in [0.25, 0.3) is 0 Å². The number of thiophene rings is 1. The zero-order valence-electron chi connectivity index (χ0n) is 10.3. The van der Waals surface area contributed by atoms with E-state index in [1.54, 1.807) is 6.07 Å². The molecule has 2 N–H and O–H groups in total. The highest BCUT2D eigenvalue weighted by Gasteiger charge is 2.20. The fourth-order valence-corrected chi connectivity index (χ4v) is 3.40. The Bertz CT molecular complexity index is 403. The maximum absolute atomic E-state index is 10.8. The number of aliphatic hydroxyl groups is 1. The molecule has 0 amide bonds. The minimum Gasteiger partial charge on any atom is -0.477 e.